The van der Waals surface area contributed by atoms with E-state index in [0.717, 1.165) is 24.0 Å². The van der Waals surface area contributed by atoms with Crippen LogP contribution in [0.4, 0.5) is 5.88 Å². The van der Waals surface area contributed by atoms with Crippen LogP contribution < -0.4 is 5.01 Å². The zero-order valence-corrected chi connectivity index (χ0v) is 17.4. The van der Waals surface area contributed by atoms with Crippen LogP contribution in [0, 0.1) is 22.7 Å². The van der Waals surface area contributed by atoms with Crippen LogP contribution >= 0.6 is 0 Å². The maximum Gasteiger partial charge on any atom is 0.254 e. The van der Waals surface area contributed by atoms with Crippen LogP contribution in [0.1, 0.15) is 70.2 Å². The summed E-state index contributed by atoms with van der Waals surface area (Å²) in [5.74, 6) is 0.818. The van der Waals surface area contributed by atoms with Gasteiger partial charge in [0.25, 0.3) is 5.88 Å². The Hall–Kier alpha value is -3.12. The van der Waals surface area contributed by atoms with Gasteiger partial charge >= 0.3 is 0 Å². The van der Waals surface area contributed by atoms with E-state index in [2.05, 4.69) is 22.2 Å². The number of nitrogens with zero attached hydrogens (tertiary/aromatic N) is 5. The van der Waals surface area contributed by atoms with Gasteiger partial charge in [-0.25, -0.2) is 5.01 Å². The summed E-state index contributed by atoms with van der Waals surface area (Å²) in [6.07, 6.45) is 3.24. The minimum atomic E-state index is -0.447. The summed E-state index contributed by atoms with van der Waals surface area (Å²) in [4.78, 5) is 4.27. The number of aromatic nitrogens is 1. The van der Waals surface area contributed by atoms with Crippen LogP contribution in [0.5, 0.6) is 0 Å². The summed E-state index contributed by atoms with van der Waals surface area (Å²) >= 11 is 0. The van der Waals surface area contributed by atoms with Crippen molar-refractivity contribution >= 4 is 12.1 Å². The summed E-state index contributed by atoms with van der Waals surface area (Å²) < 4.78 is 5.77. The molecule has 146 valence electrons. The molecule has 0 fully saturated rings. The molecule has 0 unspecified atom stereocenters. The summed E-state index contributed by atoms with van der Waals surface area (Å²) in [5.41, 5.74) is 1.38. The van der Waals surface area contributed by atoms with Gasteiger partial charge < -0.3 is 4.42 Å². The van der Waals surface area contributed by atoms with E-state index in [1.165, 1.54) is 5.01 Å². The van der Waals surface area contributed by atoms with E-state index in [-0.39, 0.29) is 11.1 Å². The second-order valence-corrected chi connectivity index (χ2v) is 7.83. The van der Waals surface area contributed by atoms with Gasteiger partial charge in [-0.1, -0.05) is 58.9 Å². The Bertz CT molecular complexity index is 916. The van der Waals surface area contributed by atoms with Crippen LogP contribution in [0.2, 0.25) is 0 Å². The van der Waals surface area contributed by atoms with E-state index in [4.69, 9.17) is 4.42 Å². The Morgan fingerprint density at radius 2 is 1.75 bits per heavy atom. The lowest BCUT2D eigenvalue weighted by atomic mass is 9.77. The third kappa shape index (κ3) is 4.23. The van der Waals surface area contributed by atoms with Crippen molar-refractivity contribution in [2.45, 2.75) is 58.3 Å². The molecule has 2 aromatic rings. The maximum atomic E-state index is 9.58. The van der Waals surface area contributed by atoms with Gasteiger partial charge in [-0.3, -0.25) is 0 Å². The van der Waals surface area contributed by atoms with Gasteiger partial charge in [-0.15, -0.1) is 0 Å². The van der Waals surface area contributed by atoms with E-state index in [0.29, 0.717) is 11.8 Å². The number of oxazole rings is 1. The molecule has 0 saturated carbocycles. The smallest absolute Gasteiger partial charge is 0.254 e. The fraction of sp³-hybridized carbons (Fsp3) is 0.455. The molecule has 1 aromatic heterocycles. The van der Waals surface area contributed by atoms with E-state index < -0.39 is 5.41 Å². The van der Waals surface area contributed by atoms with E-state index in [1.807, 2.05) is 58.9 Å². The van der Waals surface area contributed by atoms with Crippen molar-refractivity contribution in [1.82, 2.24) is 4.98 Å². The standard InChI is InChI=1S/C22H27N5O/c1-7-22(8-2,15-24)17-11-9-16(10-12-17)14-25-27(6)19-18(13-23)26-20(28-19)21(3,4)5/h9-12,14H,7-8H2,1-6H3. The van der Waals surface area contributed by atoms with Crippen molar-refractivity contribution in [3.8, 4) is 12.1 Å². The maximum absolute atomic E-state index is 9.58. The average Bonchev–Trinajstić information content (AvgIpc) is 3.14. The van der Waals surface area contributed by atoms with Crippen molar-refractivity contribution < 1.29 is 4.42 Å². The Labute approximate surface area is 167 Å². The fourth-order valence-electron chi connectivity index (χ4n) is 2.90. The minimum Gasteiger partial charge on any atom is -0.421 e. The second kappa shape index (κ2) is 8.27. The quantitative estimate of drug-likeness (QED) is 0.528. The van der Waals surface area contributed by atoms with Gasteiger partial charge in [0, 0.05) is 12.5 Å². The highest BCUT2D eigenvalue weighted by molar-refractivity contribution is 5.80. The zero-order valence-electron chi connectivity index (χ0n) is 17.4. The van der Waals surface area contributed by atoms with Crippen molar-refractivity contribution in [2.24, 2.45) is 5.10 Å². The van der Waals surface area contributed by atoms with Gasteiger partial charge in [0.2, 0.25) is 11.6 Å². The number of hydrogen-bond acceptors (Lipinski definition) is 6. The number of benzene rings is 1. The number of hydrogen-bond donors (Lipinski definition) is 0. The number of rotatable bonds is 6. The molecule has 1 heterocycles. The lowest BCUT2D eigenvalue weighted by Gasteiger charge is -2.23. The van der Waals surface area contributed by atoms with Gasteiger partial charge in [0.15, 0.2) is 0 Å². The van der Waals surface area contributed by atoms with Gasteiger partial charge in [-0.2, -0.15) is 20.6 Å². The van der Waals surface area contributed by atoms with Crippen LogP contribution in [0.3, 0.4) is 0 Å². The molecule has 0 bridgehead atoms. The summed E-state index contributed by atoms with van der Waals surface area (Å²) in [6.45, 7) is 9.99. The predicted molar refractivity (Wildman–Crippen MR) is 110 cm³/mol. The largest absolute Gasteiger partial charge is 0.421 e. The molecule has 6 nitrogen and oxygen atoms in total. The first-order valence-electron chi connectivity index (χ1n) is 9.41. The SMILES string of the molecule is CCC(C#N)(CC)c1ccc(C=NN(C)c2oc(C(C)(C)C)nc2C#N)cc1. The van der Waals surface area contributed by atoms with Gasteiger partial charge in [-0.05, 0) is 24.0 Å². The molecular formula is C22H27N5O. The van der Waals surface area contributed by atoms with Crippen molar-refractivity contribution in [2.75, 3.05) is 12.1 Å². The predicted octanol–water partition coefficient (Wildman–Crippen LogP) is 4.90. The molecule has 0 aliphatic rings. The highest BCUT2D eigenvalue weighted by atomic mass is 16.4. The normalized spacial score (nSPS) is 12.0. The first kappa shape index (κ1) is 21.2. The molecule has 0 aliphatic heterocycles. The van der Waals surface area contributed by atoms with Crippen LogP contribution in [-0.4, -0.2) is 18.2 Å². The Balaban J connectivity index is 2.24. The molecule has 0 atom stereocenters. The molecule has 0 saturated heterocycles. The number of anilines is 1. The third-order valence-electron chi connectivity index (χ3n) is 4.92. The topological polar surface area (TPSA) is 89.2 Å². The molecule has 1 aromatic carbocycles. The van der Waals surface area contributed by atoms with Gasteiger partial charge in [0.1, 0.15) is 6.07 Å². The molecule has 0 amide bonds. The highest BCUT2D eigenvalue weighted by Crippen LogP contribution is 2.31. The monoisotopic (exact) mass is 377 g/mol. The molecule has 28 heavy (non-hydrogen) atoms. The third-order valence-corrected chi connectivity index (χ3v) is 4.92. The molecule has 2 rings (SSSR count). The van der Waals surface area contributed by atoms with Crippen LogP contribution in [-0.2, 0) is 10.8 Å². The van der Waals surface area contributed by atoms with E-state index >= 15 is 0 Å². The van der Waals surface area contributed by atoms with E-state index in [1.54, 1.807) is 13.3 Å². The van der Waals surface area contributed by atoms with E-state index in [9.17, 15) is 10.5 Å². The lowest BCUT2D eigenvalue weighted by molar-refractivity contribution is 0.394. The Morgan fingerprint density at radius 3 is 2.21 bits per heavy atom. The minimum absolute atomic E-state index is 0.213. The van der Waals surface area contributed by atoms with Crippen molar-refractivity contribution in [3.05, 3.63) is 47.0 Å². The summed E-state index contributed by atoms with van der Waals surface area (Å²) in [5, 5.41) is 24.8. The molecule has 6 heteroatoms. The number of hydrazone groups is 1. The molecule has 0 radical (unpaired) electrons. The summed E-state index contributed by atoms with van der Waals surface area (Å²) in [7, 11) is 1.72. The first-order chi connectivity index (χ1) is 13.2. The zero-order chi connectivity index (χ0) is 20.9. The Morgan fingerprint density at radius 1 is 1.14 bits per heavy atom. The molecular weight excluding hydrogens is 350 g/mol. The van der Waals surface area contributed by atoms with Crippen molar-refractivity contribution in [3.63, 3.8) is 0 Å². The molecule has 0 spiro atoms. The average molecular weight is 377 g/mol. The van der Waals surface area contributed by atoms with Crippen LogP contribution in [0.15, 0.2) is 33.8 Å². The molecule has 0 N–H and O–H groups in total. The first-order valence-corrected chi connectivity index (χ1v) is 9.41. The molecule has 0 aliphatic carbocycles. The second-order valence-electron chi connectivity index (χ2n) is 7.83. The van der Waals surface area contributed by atoms with Gasteiger partial charge in [0.05, 0.1) is 17.7 Å². The summed E-state index contributed by atoms with van der Waals surface area (Å²) in [6, 6.07) is 12.4. The fourth-order valence-corrected chi connectivity index (χ4v) is 2.90. The van der Waals surface area contributed by atoms with Crippen LogP contribution in [0.25, 0.3) is 0 Å². The number of nitriles is 2. The Kier molecular flexibility index (Phi) is 6.26. The lowest BCUT2D eigenvalue weighted by Crippen LogP contribution is -2.21. The van der Waals surface area contributed by atoms with Crippen molar-refractivity contribution in [1.29, 1.82) is 10.5 Å². The highest BCUT2D eigenvalue weighted by Gasteiger charge is 2.28.